The fraction of sp³-hybridized carbons (Fsp3) is 0. The molecule has 0 amide bonds. The van der Waals surface area contributed by atoms with E-state index in [-0.39, 0.29) is 11.5 Å². The van der Waals surface area contributed by atoms with E-state index in [1.165, 1.54) is 0 Å². The highest BCUT2D eigenvalue weighted by Crippen LogP contribution is 2.16. The SMILES string of the molecule is O=C(O)C(=CC(=O)c1ccccc1)Nc1ccc(Br)cc1. The molecule has 0 unspecified atom stereocenters. The molecule has 0 fully saturated rings. The van der Waals surface area contributed by atoms with Crippen molar-refractivity contribution < 1.29 is 14.7 Å². The summed E-state index contributed by atoms with van der Waals surface area (Å²) in [7, 11) is 0. The summed E-state index contributed by atoms with van der Waals surface area (Å²) in [6, 6.07) is 15.5. The Morgan fingerprint density at radius 2 is 1.62 bits per heavy atom. The van der Waals surface area contributed by atoms with Gasteiger partial charge in [-0.25, -0.2) is 4.79 Å². The van der Waals surface area contributed by atoms with Gasteiger partial charge in [-0.15, -0.1) is 0 Å². The molecule has 0 bridgehead atoms. The van der Waals surface area contributed by atoms with Crippen molar-refractivity contribution in [3.63, 3.8) is 0 Å². The molecular formula is C16H12BrNO3. The van der Waals surface area contributed by atoms with E-state index in [0.29, 0.717) is 11.3 Å². The lowest BCUT2D eigenvalue weighted by molar-refractivity contribution is -0.132. The Kier molecular flexibility index (Phi) is 4.90. The predicted octanol–water partition coefficient (Wildman–Crippen LogP) is 3.71. The Labute approximate surface area is 130 Å². The molecule has 21 heavy (non-hydrogen) atoms. The van der Waals surface area contributed by atoms with Crippen molar-refractivity contribution in [2.75, 3.05) is 5.32 Å². The molecule has 0 aliphatic carbocycles. The Morgan fingerprint density at radius 1 is 1.00 bits per heavy atom. The zero-order valence-electron chi connectivity index (χ0n) is 10.9. The van der Waals surface area contributed by atoms with Gasteiger partial charge in [0.05, 0.1) is 0 Å². The molecule has 0 radical (unpaired) electrons. The standard InChI is InChI=1S/C16H12BrNO3/c17-12-6-8-13(9-7-12)18-14(16(20)21)10-15(19)11-4-2-1-3-5-11/h1-10,18H,(H,20,21). The maximum atomic E-state index is 12.0. The van der Waals surface area contributed by atoms with Crippen molar-refractivity contribution >= 4 is 33.4 Å². The number of carboxylic acid groups (broad SMARTS) is 1. The smallest absolute Gasteiger partial charge is 0.352 e. The maximum Gasteiger partial charge on any atom is 0.352 e. The van der Waals surface area contributed by atoms with Crippen molar-refractivity contribution in [3.8, 4) is 0 Å². The Bertz CT molecular complexity index is 678. The summed E-state index contributed by atoms with van der Waals surface area (Å²) in [5, 5.41) is 11.9. The number of rotatable bonds is 5. The summed E-state index contributed by atoms with van der Waals surface area (Å²) in [5.74, 6) is -1.56. The fourth-order valence-electron chi connectivity index (χ4n) is 1.66. The quantitative estimate of drug-likeness (QED) is 0.640. The van der Waals surface area contributed by atoms with E-state index in [0.717, 1.165) is 10.5 Å². The number of ketones is 1. The van der Waals surface area contributed by atoms with Gasteiger partial charge in [-0.05, 0) is 24.3 Å². The van der Waals surface area contributed by atoms with Crippen LogP contribution in [-0.4, -0.2) is 16.9 Å². The number of anilines is 1. The van der Waals surface area contributed by atoms with Crippen LogP contribution in [0.15, 0.2) is 70.8 Å². The minimum absolute atomic E-state index is 0.175. The summed E-state index contributed by atoms with van der Waals surface area (Å²) < 4.78 is 0.884. The summed E-state index contributed by atoms with van der Waals surface area (Å²) in [6.07, 6.45) is 1.08. The molecule has 4 nitrogen and oxygen atoms in total. The van der Waals surface area contributed by atoms with E-state index in [1.54, 1.807) is 54.6 Å². The van der Waals surface area contributed by atoms with Crippen LogP contribution in [0.1, 0.15) is 10.4 Å². The van der Waals surface area contributed by atoms with Crippen LogP contribution in [0.5, 0.6) is 0 Å². The van der Waals surface area contributed by atoms with Crippen molar-refractivity contribution in [1.29, 1.82) is 0 Å². The van der Waals surface area contributed by atoms with Crippen LogP contribution in [-0.2, 0) is 4.79 Å². The first-order valence-electron chi connectivity index (χ1n) is 6.13. The number of carbonyl (C=O) groups is 2. The molecule has 0 saturated heterocycles. The number of hydrogen-bond donors (Lipinski definition) is 2. The van der Waals surface area contributed by atoms with Gasteiger partial charge >= 0.3 is 5.97 Å². The summed E-state index contributed by atoms with van der Waals surface area (Å²) in [4.78, 5) is 23.3. The van der Waals surface area contributed by atoms with Crippen LogP contribution < -0.4 is 5.32 Å². The van der Waals surface area contributed by atoms with Gasteiger partial charge in [0.25, 0.3) is 0 Å². The van der Waals surface area contributed by atoms with Crippen molar-refractivity contribution in [2.24, 2.45) is 0 Å². The van der Waals surface area contributed by atoms with Crippen molar-refractivity contribution in [3.05, 3.63) is 76.4 Å². The second kappa shape index (κ2) is 6.85. The van der Waals surface area contributed by atoms with Gasteiger partial charge in [0.2, 0.25) is 0 Å². The molecule has 0 saturated carbocycles. The van der Waals surface area contributed by atoms with E-state index in [2.05, 4.69) is 21.2 Å². The molecule has 106 valence electrons. The molecular weight excluding hydrogens is 334 g/mol. The van der Waals surface area contributed by atoms with Gasteiger partial charge in [0.1, 0.15) is 5.70 Å². The highest BCUT2D eigenvalue weighted by molar-refractivity contribution is 9.10. The Hall–Kier alpha value is -2.40. The van der Waals surface area contributed by atoms with Gasteiger partial charge in [0.15, 0.2) is 5.78 Å². The number of carboxylic acids is 1. The van der Waals surface area contributed by atoms with Crippen LogP contribution >= 0.6 is 15.9 Å². The minimum Gasteiger partial charge on any atom is -0.477 e. The molecule has 0 heterocycles. The predicted molar refractivity (Wildman–Crippen MR) is 84.3 cm³/mol. The lowest BCUT2D eigenvalue weighted by atomic mass is 10.1. The zero-order chi connectivity index (χ0) is 15.2. The molecule has 2 aromatic carbocycles. The lowest BCUT2D eigenvalue weighted by Crippen LogP contribution is -2.12. The summed E-state index contributed by atoms with van der Waals surface area (Å²) in [5.41, 5.74) is 0.854. The number of hydrogen-bond acceptors (Lipinski definition) is 3. The van der Waals surface area contributed by atoms with E-state index in [9.17, 15) is 14.7 Å². The molecule has 5 heteroatoms. The highest BCUT2D eigenvalue weighted by atomic mass is 79.9. The van der Waals surface area contributed by atoms with E-state index in [4.69, 9.17) is 0 Å². The first kappa shape index (κ1) is 15.0. The van der Waals surface area contributed by atoms with Gasteiger partial charge in [-0.1, -0.05) is 46.3 Å². The molecule has 2 aromatic rings. The van der Waals surface area contributed by atoms with Crippen LogP contribution in [0.3, 0.4) is 0 Å². The second-order valence-electron chi connectivity index (χ2n) is 4.23. The van der Waals surface area contributed by atoms with Gasteiger partial charge in [-0.3, -0.25) is 4.79 Å². The topological polar surface area (TPSA) is 66.4 Å². The van der Waals surface area contributed by atoms with E-state index < -0.39 is 5.97 Å². The van der Waals surface area contributed by atoms with E-state index >= 15 is 0 Å². The highest BCUT2D eigenvalue weighted by Gasteiger charge is 2.11. The Morgan fingerprint density at radius 3 is 2.19 bits per heavy atom. The molecule has 2 N–H and O–H groups in total. The third kappa shape index (κ3) is 4.29. The normalized spacial score (nSPS) is 11.0. The minimum atomic E-state index is -1.19. The van der Waals surface area contributed by atoms with Gasteiger partial charge in [-0.2, -0.15) is 0 Å². The van der Waals surface area contributed by atoms with Crippen molar-refractivity contribution in [2.45, 2.75) is 0 Å². The molecule has 0 aliphatic heterocycles. The number of halogens is 1. The average molecular weight is 346 g/mol. The van der Waals surface area contributed by atoms with Crippen molar-refractivity contribution in [1.82, 2.24) is 0 Å². The number of allylic oxidation sites excluding steroid dienone is 1. The molecule has 0 aromatic heterocycles. The fourth-order valence-corrected chi connectivity index (χ4v) is 1.92. The molecule has 0 atom stereocenters. The van der Waals surface area contributed by atoms with Crippen LogP contribution in [0.25, 0.3) is 0 Å². The maximum absolute atomic E-state index is 12.0. The third-order valence-corrected chi connectivity index (χ3v) is 3.22. The largest absolute Gasteiger partial charge is 0.477 e. The lowest BCUT2D eigenvalue weighted by Gasteiger charge is -2.07. The average Bonchev–Trinajstić information content (AvgIpc) is 2.49. The molecule has 0 aliphatic rings. The Balaban J connectivity index is 2.22. The number of nitrogens with one attached hydrogen (secondary N) is 1. The first-order chi connectivity index (χ1) is 10.1. The summed E-state index contributed by atoms with van der Waals surface area (Å²) >= 11 is 3.30. The van der Waals surface area contributed by atoms with Crippen LogP contribution in [0, 0.1) is 0 Å². The van der Waals surface area contributed by atoms with Gasteiger partial charge < -0.3 is 10.4 Å². The number of carbonyl (C=O) groups excluding carboxylic acids is 1. The monoisotopic (exact) mass is 345 g/mol. The molecule has 0 spiro atoms. The zero-order valence-corrected chi connectivity index (χ0v) is 12.5. The number of benzene rings is 2. The first-order valence-corrected chi connectivity index (χ1v) is 6.92. The van der Waals surface area contributed by atoms with Crippen LogP contribution in [0.2, 0.25) is 0 Å². The van der Waals surface area contributed by atoms with E-state index in [1.807, 2.05) is 0 Å². The molecule has 2 rings (SSSR count). The van der Waals surface area contributed by atoms with Crippen LogP contribution in [0.4, 0.5) is 5.69 Å². The van der Waals surface area contributed by atoms with Gasteiger partial charge in [0, 0.05) is 21.8 Å². The number of aliphatic carboxylic acids is 1. The second-order valence-corrected chi connectivity index (χ2v) is 5.14. The third-order valence-electron chi connectivity index (χ3n) is 2.69. The summed E-state index contributed by atoms with van der Waals surface area (Å²) in [6.45, 7) is 0.